The van der Waals surface area contributed by atoms with Gasteiger partial charge in [0.05, 0.1) is 24.9 Å². The van der Waals surface area contributed by atoms with Crippen molar-refractivity contribution >= 4 is 10.9 Å². The van der Waals surface area contributed by atoms with E-state index in [2.05, 4.69) is 45.5 Å². The second-order valence-corrected chi connectivity index (χ2v) is 5.49. The molecule has 5 heteroatoms. The highest BCUT2D eigenvalue weighted by Gasteiger charge is 2.13. The first-order chi connectivity index (χ1) is 9.81. The first-order valence-corrected chi connectivity index (χ1v) is 7.27. The van der Waals surface area contributed by atoms with Crippen LogP contribution in [0.1, 0.15) is 12.5 Å². The summed E-state index contributed by atoms with van der Waals surface area (Å²) in [6, 6.07) is 6.91. The molecule has 0 bridgehead atoms. The molecule has 1 atom stereocenters. The van der Waals surface area contributed by atoms with Crippen molar-refractivity contribution in [2.75, 3.05) is 32.8 Å². The second kappa shape index (κ2) is 6.35. The quantitative estimate of drug-likeness (QED) is 0.865. The van der Waals surface area contributed by atoms with Gasteiger partial charge in [-0.25, -0.2) is 0 Å². The average molecular weight is 274 g/mol. The third-order valence-corrected chi connectivity index (χ3v) is 3.80. The largest absolute Gasteiger partial charge is 0.379 e. The van der Waals surface area contributed by atoms with Crippen LogP contribution in [-0.2, 0) is 11.3 Å². The van der Waals surface area contributed by atoms with Crippen molar-refractivity contribution in [1.82, 2.24) is 20.4 Å². The van der Waals surface area contributed by atoms with Crippen molar-refractivity contribution < 1.29 is 4.74 Å². The number of nitrogens with zero attached hydrogens (tertiary/aromatic N) is 2. The molecular weight excluding hydrogens is 252 g/mol. The lowest BCUT2D eigenvalue weighted by atomic mass is 10.1. The van der Waals surface area contributed by atoms with Gasteiger partial charge in [0.1, 0.15) is 0 Å². The predicted molar refractivity (Wildman–Crippen MR) is 79.7 cm³/mol. The van der Waals surface area contributed by atoms with Gasteiger partial charge in [-0.2, -0.15) is 5.10 Å². The highest BCUT2D eigenvalue weighted by atomic mass is 16.5. The Bertz CT molecular complexity index is 548. The average Bonchev–Trinajstić information content (AvgIpc) is 2.93. The minimum absolute atomic E-state index is 0.477. The molecule has 0 unspecified atom stereocenters. The third kappa shape index (κ3) is 3.36. The van der Waals surface area contributed by atoms with Crippen LogP contribution in [0, 0.1) is 0 Å². The Hall–Kier alpha value is -1.43. The molecule has 1 aliphatic heterocycles. The molecule has 0 amide bonds. The number of H-pyrrole nitrogens is 1. The molecule has 20 heavy (non-hydrogen) atoms. The highest BCUT2D eigenvalue weighted by molar-refractivity contribution is 5.78. The Labute approximate surface area is 119 Å². The molecule has 0 aliphatic carbocycles. The third-order valence-electron chi connectivity index (χ3n) is 3.80. The minimum Gasteiger partial charge on any atom is -0.379 e. The van der Waals surface area contributed by atoms with E-state index in [1.54, 1.807) is 0 Å². The molecule has 1 saturated heterocycles. The van der Waals surface area contributed by atoms with E-state index in [0.29, 0.717) is 6.04 Å². The summed E-state index contributed by atoms with van der Waals surface area (Å²) in [7, 11) is 0. The van der Waals surface area contributed by atoms with E-state index in [9.17, 15) is 0 Å². The van der Waals surface area contributed by atoms with Gasteiger partial charge in [-0.15, -0.1) is 0 Å². The summed E-state index contributed by atoms with van der Waals surface area (Å²) in [6.07, 6.45) is 1.85. The van der Waals surface area contributed by atoms with Gasteiger partial charge in [0.2, 0.25) is 0 Å². The summed E-state index contributed by atoms with van der Waals surface area (Å²) >= 11 is 0. The number of hydrogen-bond donors (Lipinski definition) is 2. The number of morpholine rings is 1. The summed E-state index contributed by atoms with van der Waals surface area (Å²) in [5.74, 6) is 0. The van der Waals surface area contributed by atoms with Gasteiger partial charge in [-0.05, 0) is 18.6 Å². The summed E-state index contributed by atoms with van der Waals surface area (Å²) in [5, 5.41) is 11.8. The van der Waals surface area contributed by atoms with Gasteiger partial charge in [-0.1, -0.05) is 12.1 Å². The lowest BCUT2D eigenvalue weighted by Gasteiger charge is -2.29. The Kier molecular flexibility index (Phi) is 4.30. The van der Waals surface area contributed by atoms with Crippen LogP contribution in [0.3, 0.4) is 0 Å². The Morgan fingerprint density at radius 3 is 3.10 bits per heavy atom. The molecular formula is C15H22N4O. The fraction of sp³-hybridized carbons (Fsp3) is 0.533. The molecule has 0 spiro atoms. The number of hydrogen-bond acceptors (Lipinski definition) is 4. The zero-order chi connectivity index (χ0) is 13.8. The number of aromatic amines is 1. The summed E-state index contributed by atoms with van der Waals surface area (Å²) in [6.45, 7) is 8.03. The Balaban J connectivity index is 1.50. The van der Waals surface area contributed by atoms with Crippen molar-refractivity contribution in [2.24, 2.45) is 0 Å². The predicted octanol–water partition coefficient (Wildman–Crippen LogP) is 1.37. The standard InChI is InChI=1S/C15H22N4O/c1-12(11-19-4-6-20-7-5-19)16-9-13-2-3-14-10-17-18-15(14)8-13/h2-3,8,10,12,16H,4-7,9,11H2,1H3,(H,17,18)/t12-/m1/s1. The number of aromatic nitrogens is 2. The van der Waals surface area contributed by atoms with Gasteiger partial charge in [-0.3, -0.25) is 10.00 Å². The lowest BCUT2D eigenvalue weighted by molar-refractivity contribution is 0.0343. The molecule has 0 saturated carbocycles. The molecule has 108 valence electrons. The Morgan fingerprint density at radius 2 is 2.25 bits per heavy atom. The van der Waals surface area contributed by atoms with Crippen LogP contribution >= 0.6 is 0 Å². The van der Waals surface area contributed by atoms with Crippen LogP contribution in [-0.4, -0.2) is 54.0 Å². The first-order valence-electron chi connectivity index (χ1n) is 7.27. The molecule has 0 radical (unpaired) electrons. The molecule has 3 rings (SSSR count). The van der Waals surface area contributed by atoms with E-state index < -0.39 is 0 Å². The number of ether oxygens (including phenoxy) is 1. The summed E-state index contributed by atoms with van der Waals surface area (Å²) < 4.78 is 5.37. The first kappa shape index (κ1) is 13.5. The molecule has 5 nitrogen and oxygen atoms in total. The molecule has 1 aromatic carbocycles. The van der Waals surface area contributed by atoms with E-state index in [-0.39, 0.29) is 0 Å². The second-order valence-electron chi connectivity index (χ2n) is 5.49. The number of rotatable bonds is 5. The van der Waals surface area contributed by atoms with Gasteiger partial charge in [0, 0.05) is 37.6 Å². The minimum atomic E-state index is 0.477. The molecule has 1 aromatic heterocycles. The maximum absolute atomic E-state index is 5.37. The van der Waals surface area contributed by atoms with Gasteiger partial charge < -0.3 is 10.1 Å². The van der Waals surface area contributed by atoms with E-state index >= 15 is 0 Å². The molecule has 2 N–H and O–H groups in total. The molecule has 1 aliphatic rings. The maximum Gasteiger partial charge on any atom is 0.0653 e. The van der Waals surface area contributed by atoms with Crippen molar-refractivity contribution in [3.63, 3.8) is 0 Å². The number of benzene rings is 1. The zero-order valence-electron chi connectivity index (χ0n) is 11.9. The summed E-state index contributed by atoms with van der Waals surface area (Å²) in [5.41, 5.74) is 2.39. The van der Waals surface area contributed by atoms with Crippen LogP contribution < -0.4 is 5.32 Å². The smallest absolute Gasteiger partial charge is 0.0653 e. The van der Waals surface area contributed by atoms with E-state index in [0.717, 1.165) is 50.3 Å². The van der Waals surface area contributed by atoms with E-state index in [1.165, 1.54) is 5.56 Å². The van der Waals surface area contributed by atoms with Gasteiger partial charge in [0.25, 0.3) is 0 Å². The topological polar surface area (TPSA) is 53.2 Å². The maximum atomic E-state index is 5.37. The number of nitrogens with one attached hydrogen (secondary N) is 2. The van der Waals surface area contributed by atoms with Crippen LogP contribution in [0.4, 0.5) is 0 Å². The van der Waals surface area contributed by atoms with Crippen LogP contribution in [0.15, 0.2) is 24.4 Å². The molecule has 1 fully saturated rings. The van der Waals surface area contributed by atoms with Crippen molar-refractivity contribution in [3.05, 3.63) is 30.0 Å². The summed E-state index contributed by atoms with van der Waals surface area (Å²) in [4.78, 5) is 2.46. The van der Waals surface area contributed by atoms with Crippen molar-refractivity contribution in [3.8, 4) is 0 Å². The van der Waals surface area contributed by atoms with Crippen molar-refractivity contribution in [2.45, 2.75) is 19.5 Å². The van der Waals surface area contributed by atoms with Crippen LogP contribution in [0.2, 0.25) is 0 Å². The highest BCUT2D eigenvalue weighted by Crippen LogP contribution is 2.12. The zero-order valence-corrected chi connectivity index (χ0v) is 11.9. The van der Waals surface area contributed by atoms with Crippen LogP contribution in [0.25, 0.3) is 10.9 Å². The van der Waals surface area contributed by atoms with Crippen LogP contribution in [0.5, 0.6) is 0 Å². The van der Waals surface area contributed by atoms with E-state index in [4.69, 9.17) is 4.74 Å². The van der Waals surface area contributed by atoms with E-state index in [1.807, 2.05) is 6.20 Å². The fourth-order valence-electron chi connectivity index (χ4n) is 2.62. The van der Waals surface area contributed by atoms with Crippen molar-refractivity contribution in [1.29, 1.82) is 0 Å². The van der Waals surface area contributed by atoms with Gasteiger partial charge in [0.15, 0.2) is 0 Å². The molecule has 2 aromatic rings. The molecule has 2 heterocycles. The lowest BCUT2D eigenvalue weighted by Crippen LogP contribution is -2.44. The Morgan fingerprint density at radius 1 is 1.40 bits per heavy atom. The SMILES string of the molecule is C[C@H](CN1CCOCC1)NCc1ccc2cn[nH]c2c1. The normalized spacial score (nSPS) is 18.4. The van der Waals surface area contributed by atoms with Gasteiger partial charge >= 0.3 is 0 Å². The number of fused-ring (bicyclic) bond motifs is 1. The fourth-order valence-corrected chi connectivity index (χ4v) is 2.62. The monoisotopic (exact) mass is 274 g/mol.